The van der Waals surface area contributed by atoms with Crippen LogP contribution in [0, 0.1) is 0 Å². The van der Waals surface area contributed by atoms with Gasteiger partial charge in [0.05, 0.1) is 15.1 Å². The molecule has 8 nitrogen and oxygen atoms in total. The number of aromatic nitrogens is 2. The van der Waals surface area contributed by atoms with Gasteiger partial charge in [-0.25, -0.2) is 14.8 Å². The van der Waals surface area contributed by atoms with E-state index in [4.69, 9.17) is 0 Å². The summed E-state index contributed by atoms with van der Waals surface area (Å²) in [5, 5.41) is 14.2. The highest BCUT2D eigenvalue weighted by molar-refractivity contribution is 7.22. The number of fused-ring (bicyclic) bond motifs is 2. The number of carboxylic acids is 1. The summed E-state index contributed by atoms with van der Waals surface area (Å²) in [6.45, 7) is 2.68. The smallest absolute Gasteiger partial charge is 0.355 e. The Morgan fingerprint density at radius 1 is 0.951 bits per heavy atom. The Balaban J connectivity index is 1.12. The fourth-order valence-corrected chi connectivity index (χ4v) is 7.63. The van der Waals surface area contributed by atoms with Crippen molar-refractivity contribution in [1.82, 2.24) is 14.9 Å². The van der Waals surface area contributed by atoms with Gasteiger partial charge >= 0.3 is 5.97 Å². The molecule has 1 saturated heterocycles. The quantitative estimate of drug-likeness (QED) is 0.236. The van der Waals surface area contributed by atoms with E-state index in [2.05, 4.69) is 43.3 Å². The molecule has 2 aliphatic heterocycles. The first-order chi connectivity index (χ1) is 20.0. The number of carbonyl (C=O) groups is 2. The van der Waals surface area contributed by atoms with E-state index in [1.165, 1.54) is 28.2 Å². The number of hydrogen-bond acceptors (Lipinski definition) is 8. The number of likely N-dealkylation sites (tertiary alicyclic amines) is 1. The van der Waals surface area contributed by atoms with Crippen LogP contribution >= 0.6 is 22.7 Å². The minimum Gasteiger partial charge on any atom is -0.476 e. The van der Waals surface area contributed by atoms with Gasteiger partial charge in [-0.05, 0) is 47.7 Å². The van der Waals surface area contributed by atoms with E-state index < -0.39 is 5.97 Å². The monoisotopic (exact) mass is 581 g/mol. The average Bonchev–Trinajstić information content (AvgIpc) is 3.59. The molecule has 1 amide bonds. The van der Waals surface area contributed by atoms with Gasteiger partial charge in [0.15, 0.2) is 16.0 Å². The summed E-state index contributed by atoms with van der Waals surface area (Å²) in [7, 11) is 0. The number of aromatic carboxylic acids is 1. The van der Waals surface area contributed by atoms with Gasteiger partial charge in [0.1, 0.15) is 0 Å². The second-order valence-electron chi connectivity index (χ2n) is 10.3. The Morgan fingerprint density at radius 3 is 2.56 bits per heavy atom. The molecule has 3 aromatic carbocycles. The summed E-state index contributed by atoms with van der Waals surface area (Å²) in [5.74, 6) is -1.20. The van der Waals surface area contributed by atoms with E-state index in [0.29, 0.717) is 41.5 Å². The van der Waals surface area contributed by atoms with Gasteiger partial charge in [0, 0.05) is 37.8 Å². The third kappa shape index (κ3) is 4.99. The number of amides is 1. The molecule has 2 aromatic heterocycles. The van der Waals surface area contributed by atoms with Crippen molar-refractivity contribution in [1.29, 1.82) is 0 Å². The molecule has 0 aliphatic carbocycles. The zero-order valence-electron chi connectivity index (χ0n) is 22.1. The van der Waals surface area contributed by atoms with Crippen LogP contribution in [0.2, 0.25) is 0 Å². The lowest BCUT2D eigenvalue weighted by molar-refractivity contribution is 0.0673. The van der Waals surface area contributed by atoms with Gasteiger partial charge in [-0.2, -0.15) is 0 Å². The summed E-state index contributed by atoms with van der Waals surface area (Å²) in [6, 6.07) is 24.3. The number of para-hydroxylation sites is 1. The average molecular weight is 582 g/mol. The standard InChI is InChI=1S/C31H27N5O3S2/c37-28(34-30-32-23-11-4-5-12-25(23)40-30)21-10-6-9-19-13-15-36(17-22(19)21)31-33-27(29(38)39)26(41-31)18-35-16-14-24(35)20-7-2-1-3-8-20/h1-12,24H,13-18H2,(H,38,39)(H,32,34,37). The molecule has 10 heteroatoms. The number of carbonyl (C=O) groups excluding carboxylic acids is 1. The van der Waals surface area contributed by atoms with Crippen molar-refractivity contribution in [3.05, 3.63) is 106 Å². The van der Waals surface area contributed by atoms with Gasteiger partial charge in [-0.15, -0.1) is 0 Å². The minimum atomic E-state index is -1.01. The van der Waals surface area contributed by atoms with Crippen molar-refractivity contribution in [3.63, 3.8) is 0 Å². The highest BCUT2D eigenvalue weighted by Gasteiger charge is 2.32. The van der Waals surface area contributed by atoms with Crippen molar-refractivity contribution >= 4 is 55.0 Å². The lowest BCUT2D eigenvalue weighted by Crippen LogP contribution is -2.40. The lowest BCUT2D eigenvalue weighted by Gasteiger charge is -2.41. The maximum Gasteiger partial charge on any atom is 0.355 e. The maximum atomic E-state index is 13.4. The van der Waals surface area contributed by atoms with Crippen molar-refractivity contribution in [2.75, 3.05) is 23.3 Å². The van der Waals surface area contributed by atoms with Gasteiger partial charge < -0.3 is 10.0 Å². The van der Waals surface area contributed by atoms with Crippen LogP contribution < -0.4 is 10.2 Å². The number of hydrogen-bond donors (Lipinski definition) is 2. The Kier molecular flexibility index (Phi) is 6.74. The van der Waals surface area contributed by atoms with Gasteiger partial charge in [0.25, 0.3) is 5.91 Å². The summed E-state index contributed by atoms with van der Waals surface area (Å²) < 4.78 is 1.02. The van der Waals surface area contributed by atoms with Crippen LogP contribution in [0.5, 0.6) is 0 Å². The first-order valence-electron chi connectivity index (χ1n) is 13.6. The van der Waals surface area contributed by atoms with Crippen molar-refractivity contribution in [3.8, 4) is 0 Å². The molecule has 1 unspecified atom stereocenters. The summed E-state index contributed by atoms with van der Waals surface area (Å²) in [4.78, 5) is 39.9. The Bertz CT molecular complexity index is 1730. The highest BCUT2D eigenvalue weighted by atomic mass is 32.1. The molecule has 2 aliphatic rings. The second-order valence-corrected chi connectivity index (χ2v) is 12.4. The lowest BCUT2D eigenvalue weighted by atomic mass is 9.94. The fraction of sp³-hybridized carbons (Fsp3) is 0.226. The largest absolute Gasteiger partial charge is 0.476 e. The van der Waals surface area contributed by atoms with E-state index in [-0.39, 0.29) is 11.6 Å². The number of rotatable bonds is 7. The Labute approximate surface area is 244 Å². The van der Waals surface area contributed by atoms with Crippen LogP contribution in [0.25, 0.3) is 10.2 Å². The number of anilines is 2. The van der Waals surface area contributed by atoms with Crippen LogP contribution in [0.4, 0.5) is 10.3 Å². The minimum absolute atomic E-state index is 0.122. The van der Waals surface area contributed by atoms with E-state index in [9.17, 15) is 14.7 Å². The number of carboxylic acid groups (broad SMARTS) is 1. The molecule has 0 spiro atoms. The molecule has 1 atom stereocenters. The van der Waals surface area contributed by atoms with Gasteiger partial charge in [0.2, 0.25) is 0 Å². The predicted octanol–water partition coefficient (Wildman–Crippen LogP) is 6.21. The van der Waals surface area contributed by atoms with Gasteiger partial charge in [-0.3, -0.25) is 15.0 Å². The van der Waals surface area contributed by atoms with Crippen LogP contribution in [0.1, 0.15) is 54.9 Å². The molecule has 0 radical (unpaired) electrons. The van der Waals surface area contributed by atoms with Crippen LogP contribution in [0.3, 0.4) is 0 Å². The zero-order chi connectivity index (χ0) is 27.9. The van der Waals surface area contributed by atoms with E-state index in [1.54, 1.807) is 0 Å². The third-order valence-electron chi connectivity index (χ3n) is 7.85. The molecule has 0 bridgehead atoms. The SMILES string of the molecule is O=C(Nc1nc2ccccc2s1)c1cccc2c1CN(c1nc(C(=O)O)c(CN3CCC3c3ccccc3)s1)CC2. The first kappa shape index (κ1) is 25.8. The van der Waals surface area contributed by atoms with Gasteiger partial charge in [-0.1, -0.05) is 77.3 Å². The summed E-state index contributed by atoms with van der Waals surface area (Å²) in [5.41, 5.74) is 4.91. The van der Waals surface area contributed by atoms with Crippen LogP contribution in [0.15, 0.2) is 72.8 Å². The zero-order valence-corrected chi connectivity index (χ0v) is 23.8. The fourth-order valence-electron chi connectivity index (χ4n) is 5.66. The molecule has 5 aromatic rings. The molecule has 41 heavy (non-hydrogen) atoms. The first-order valence-corrected chi connectivity index (χ1v) is 15.2. The number of nitrogens with zero attached hydrogens (tertiary/aromatic N) is 4. The molecule has 206 valence electrons. The van der Waals surface area contributed by atoms with Crippen molar-refractivity contribution in [2.24, 2.45) is 0 Å². The van der Waals surface area contributed by atoms with E-state index >= 15 is 0 Å². The molecular formula is C31H27N5O3S2. The Hall–Kier alpha value is -4.12. The Morgan fingerprint density at radius 2 is 1.78 bits per heavy atom. The van der Waals surface area contributed by atoms with Crippen LogP contribution in [-0.4, -0.2) is 44.9 Å². The molecule has 7 rings (SSSR count). The van der Waals surface area contributed by atoms with Crippen LogP contribution in [-0.2, 0) is 19.5 Å². The second kappa shape index (κ2) is 10.7. The summed E-state index contributed by atoms with van der Waals surface area (Å²) >= 11 is 2.90. The van der Waals surface area contributed by atoms with Crippen molar-refractivity contribution in [2.45, 2.75) is 32.0 Å². The third-order valence-corrected chi connectivity index (χ3v) is 9.91. The predicted molar refractivity (Wildman–Crippen MR) is 162 cm³/mol. The molecule has 4 heterocycles. The van der Waals surface area contributed by atoms with E-state index in [1.807, 2.05) is 54.6 Å². The number of nitrogens with one attached hydrogen (secondary N) is 1. The molecule has 0 saturated carbocycles. The molecular weight excluding hydrogens is 555 g/mol. The molecule has 1 fully saturated rings. The van der Waals surface area contributed by atoms with Crippen molar-refractivity contribution < 1.29 is 14.7 Å². The number of thiazole rings is 2. The summed E-state index contributed by atoms with van der Waals surface area (Å²) in [6.07, 6.45) is 1.81. The highest BCUT2D eigenvalue weighted by Crippen LogP contribution is 2.38. The normalized spacial score (nSPS) is 16.8. The number of benzene rings is 3. The molecule has 2 N–H and O–H groups in total. The topological polar surface area (TPSA) is 98.7 Å². The van der Waals surface area contributed by atoms with E-state index in [0.717, 1.165) is 45.6 Å². The maximum absolute atomic E-state index is 13.4.